The molecule has 524 valence electrons. The molecule has 0 aromatic rings. The van der Waals surface area contributed by atoms with Crippen molar-refractivity contribution in [1.29, 1.82) is 0 Å². The molecule has 0 fully saturated rings. The molecule has 0 N–H and O–H groups in total. The molecule has 90 heavy (non-hydrogen) atoms. The van der Waals surface area contributed by atoms with Crippen LogP contribution < -0.4 is 4.89 Å². The molecule has 0 radical (unpaired) electrons. The quantitative estimate of drug-likeness (QED) is 0.0195. The molecule has 0 aliphatic carbocycles. The molecule has 0 saturated heterocycles. The first-order chi connectivity index (χ1) is 44.0. The zero-order valence-electron chi connectivity index (χ0n) is 59.8. The fourth-order valence-electron chi connectivity index (χ4n) is 11.1. The van der Waals surface area contributed by atoms with Gasteiger partial charge in [0.05, 0.1) is 27.7 Å². The highest BCUT2D eigenvalue weighted by atomic mass is 31.2. The van der Waals surface area contributed by atoms with E-state index in [1.54, 1.807) is 0 Å². The first-order valence-corrected chi connectivity index (χ1v) is 39.8. The second-order valence-electron chi connectivity index (χ2n) is 27.0. The molecule has 0 aromatic heterocycles. The van der Waals surface area contributed by atoms with Gasteiger partial charge in [0.15, 0.2) is 6.10 Å². The summed E-state index contributed by atoms with van der Waals surface area (Å²) in [5, 5.41) is 0. The molecule has 9 nitrogen and oxygen atoms in total. The van der Waals surface area contributed by atoms with Crippen LogP contribution in [0.25, 0.3) is 0 Å². The molecule has 0 aliphatic rings. The molecule has 0 spiro atoms. The van der Waals surface area contributed by atoms with Crippen LogP contribution in [0.3, 0.4) is 0 Å². The second-order valence-corrected chi connectivity index (χ2v) is 28.4. The Morgan fingerprint density at radius 3 is 0.956 bits per heavy atom. The smallest absolute Gasteiger partial charge is 0.306 e. The van der Waals surface area contributed by atoms with Crippen molar-refractivity contribution in [1.82, 2.24) is 0 Å². The number of ether oxygens (including phenoxy) is 2. The number of carbonyl (C=O) groups is 2. The summed E-state index contributed by atoms with van der Waals surface area (Å²) >= 11 is 0. The lowest BCUT2D eigenvalue weighted by molar-refractivity contribution is -0.870. The van der Waals surface area contributed by atoms with Gasteiger partial charge in [-0.2, -0.15) is 0 Å². The molecular weight excluding hydrogens is 1130 g/mol. The van der Waals surface area contributed by atoms with Crippen molar-refractivity contribution in [2.45, 2.75) is 367 Å². The first kappa shape index (κ1) is 87.2. The summed E-state index contributed by atoms with van der Waals surface area (Å²) < 4.78 is 34.4. The molecule has 0 heterocycles. The fraction of sp³-hybridized carbons (Fsp3) is 0.800. The Kier molecular flexibility index (Phi) is 68.3. The number of esters is 2. The minimum absolute atomic E-state index is 0.0309. The molecule has 0 aromatic carbocycles. The van der Waals surface area contributed by atoms with Crippen molar-refractivity contribution >= 4 is 19.8 Å². The fourth-order valence-corrected chi connectivity index (χ4v) is 11.8. The number of allylic oxidation sites excluding steroid dienone is 14. The largest absolute Gasteiger partial charge is 0.756 e. The predicted octanol–water partition coefficient (Wildman–Crippen LogP) is 24.6. The Hall–Kier alpha value is -2.81. The van der Waals surface area contributed by atoms with Crippen LogP contribution in [-0.2, 0) is 32.7 Å². The molecule has 10 heteroatoms. The number of hydrogen-bond acceptors (Lipinski definition) is 8. The van der Waals surface area contributed by atoms with Gasteiger partial charge in [-0.3, -0.25) is 14.2 Å². The minimum atomic E-state index is -4.65. The molecule has 0 amide bonds. The van der Waals surface area contributed by atoms with Crippen molar-refractivity contribution < 1.29 is 42.1 Å². The number of quaternary nitrogens is 1. The van der Waals surface area contributed by atoms with Gasteiger partial charge in [0.1, 0.15) is 19.8 Å². The summed E-state index contributed by atoms with van der Waals surface area (Å²) in [5.41, 5.74) is 0. The van der Waals surface area contributed by atoms with Crippen molar-refractivity contribution in [3.05, 3.63) is 85.1 Å². The van der Waals surface area contributed by atoms with Crippen molar-refractivity contribution in [3.63, 3.8) is 0 Å². The third kappa shape index (κ3) is 74.2. The summed E-state index contributed by atoms with van der Waals surface area (Å²) in [6.07, 6.45) is 96.9. The highest BCUT2D eigenvalue weighted by molar-refractivity contribution is 7.45. The summed E-state index contributed by atoms with van der Waals surface area (Å²) in [5.74, 6) is -0.817. The first-order valence-electron chi connectivity index (χ1n) is 38.3. The number of unbranched alkanes of at least 4 members (excludes halogenated alkanes) is 43. The van der Waals surface area contributed by atoms with Crippen molar-refractivity contribution in [2.24, 2.45) is 0 Å². The van der Waals surface area contributed by atoms with E-state index in [1.807, 2.05) is 21.1 Å². The minimum Gasteiger partial charge on any atom is -0.756 e. The van der Waals surface area contributed by atoms with Gasteiger partial charge in [0.2, 0.25) is 0 Å². The van der Waals surface area contributed by atoms with Gasteiger partial charge in [0.25, 0.3) is 7.82 Å². The van der Waals surface area contributed by atoms with Gasteiger partial charge in [-0.05, 0) is 89.9 Å². The zero-order valence-corrected chi connectivity index (χ0v) is 60.7. The maximum Gasteiger partial charge on any atom is 0.306 e. The van der Waals surface area contributed by atoms with E-state index in [9.17, 15) is 19.0 Å². The van der Waals surface area contributed by atoms with Gasteiger partial charge in [-0.25, -0.2) is 0 Å². The van der Waals surface area contributed by atoms with Crippen molar-refractivity contribution in [3.8, 4) is 0 Å². The van der Waals surface area contributed by atoms with Crippen LogP contribution in [-0.4, -0.2) is 70.0 Å². The van der Waals surface area contributed by atoms with E-state index >= 15 is 0 Å². The van der Waals surface area contributed by atoms with Crippen LogP contribution in [0.2, 0.25) is 0 Å². The standard InChI is InChI=1S/C80H146NO8P/c1-6-8-10-12-14-16-18-20-22-24-26-28-30-32-34-36-38-39-40-41-43-45-47-49-51-53-55-57-59-61-63-65-67-69-71-73-80(83)89-78(77-88-90(84,85)87-75-74-81(3,4)5)76-86-79(82)72-70-68-66-64-62-60-58-56-54-52-50-48-46-44-42-37-35-33-31-29-27-25-23-21-19-17-15-13-11-9-7-2/h8,10,14,16,20,22,25-28,32,34,38-39,78H,6-7,9,11-13,15,17-19,21,23-24,29-31,33,35-37,40-77H2,1-5H3/b10-8-,16-14-,22-20-,27-25-,28-26-,34-32-,39-38-. The van der Waals surface area contributed by atoms with Gasteiger partial charge in [-0.1, -0.05) is 343 Å². The Balaban J connectivity index is 3.98. The summed E-state index contributed by atoms with van der Waals surface area (Å²) in [6, 6.07) is 0. The number of carbonyl (C=O) groups excluding carboxylic acids is 2. The average Bonchev–Trinajstić information content (AvgIpc) is 3.61. The maximum atomic E-state index is 12.9. The number of phosphoric acid groups is 1. The van der Waals surface area contributed by atoms with E-state index in [2.05, 4.69) is 98.9 Å². The number of likely N-dealkylation sites (N-methyl/N-ethyl adjacent to an activating group) is 1. The van der Waals surface area contributed by atoms with E-state index in [0.29, 0.717) is 17.4 Å². The van der Waals surface area contributed by atoms with E-state index in [4.69, 9.17) is 18.5 Å². The van der Waals surface area contributed by atoms with E-state index < -0.39 is 26.5 Å². The Morgan fingerprint density at radius 2 is 0.633 bits per heavy atom. The van der Waals surface area contributed by atoms with Crippen LogP contribution in [0, 0.1) is 0 Å². The second kappa shape index (κ2) is 70.5. The Labute approximate surface area is 558 Å². The Morgan fingerprint density at radius 1 is 0.356 bits per heavy atom. The van der Waals surface area contributed by atoms with Gasteiger partial charge < -0.3 is 27.9 Å². The van der Waals surface area contributed by atoms with Crippen LogP contribution in [0.15, 0.2) is 85.1 Å². The number of nitrogens with zero attached hydrogens (tertiary/aromatic N) is 1. The van der Waals surface area contributed by atoms with Crippen LogP contribution in [0.4, 0.5) is 0 Å². The predicted molar refractivity (Wildman–Crippen MR) is 388 cm³/mol. The van der Waals surface area contributed by atoms with Crippen LogP contribution in [0.5, 0.6) is 0 Å². The zero-order chi connectivity index (χ0) is 65.5. The summed E-state index contributed by atoms with van der Waals surface area (Å²) in [7, 11) is 1.18. The highest BCUT2D eigenvalue weighted by Gasteiger charge is 2.22. The van der Waals surface area contributed by atoms with Gasteiger partial charge >= 0.3 is 11.9 Å². The average molecular weight is 1280 g/mol. The lowest BCUT2D eigenvalue weighted by Crippen LogP contribution is -2.37. The third-order valence-corrected chi connectivity index (χ3v) is 17.9. The summed E-state index contributed by atoms with van der Waals surface area (Å²) in [6.45, 7) is 4.18. The monoisotopic (exact) mass is 1280 g/mol. The van der Waals surface area contributed by atoms with Crippen molar-refractivity contribution in [2.75, 3.05) is 47.5 Å². The normalized spacial score (nSPS) is 13.5. The topological polar surface area (TPSA) is 111 Å². The molecule has 0 rings (SSSR count). The lowest BCUT2D eigenvalue weighted by Gasteiger charge is -2.28. The molecule has 0 bridgehead atoms. The molecular formula is C80H146NO8P. The summed E-state index contributed by atoms with van der Waals surface area (Å²) in [4.78, 5) is 38.1. The molecule has 2 atom stereocenters. The molecule has 0 saturated carbocycles. The number of hydrogen-bond donors (Lipinski definition) is 0. The van der Waals surface area contributed by atoms with Gasteiger partial charge in [-0.15, -0.1) is 0 Å². The van der Waals surface area contributed by atoms with E-state index in [0.717, 1.165) is 77.0 Å². The lowest BCUT2D eigenvalue weighted by atomic mass is 10.0. The number of phosphoric ester groups is 1. The van der Waals surface area contributed by atoms with Gasteiger partial charge in [0, 0.05) is 12.8 Å². The van der Waals surface area contributed by atoms with Crippen LogP contribution in [0.1, 0.15) is 361 Å². The highest BCUT2D eigenvalue weighted by Crippen LogP contribution is 2.38. The third-order valence-electron chi connectivity index (χ3n) is 16.9. The Bertz CT molecular complexity index is 1800. The van der Waals surface area contributed by atoms with E-state index in [1.165, 1.54) is 250 Å². The van der Waals surface area contributed by atoms with Crippen LogP contribution >= 0.6 is 7.82 Å². The van der Waals surface area contributed by atoms with E-state index in [-0.39, 0.29) is 32.0 Å². The SMILES string of the molecule is CC/C=C\C/C=C\C/C=C\C/C=C\C/C=C\C/C=C\CCCCCCCCCCCCCCCCCCC(=O)OC(COC(=O)CCCCCCCCCCCCCCCCCCCCC/C=C\CCCCCCCCCC)COP(=O)([O-])OCC[N+](C)(C)C. The maximum absolute atomic E-state index is 12.9. The number of rotatable bonds is 71. The molecule has 2 unspecified atom stereocenters. The molecule has 0 aliphatic heterocycles.